The number of rotatable bonds is 7. The van der Waals surface area contributed by atoms with Crippen molar-refractivity contribution in [1.29, 1.82) is 0 Å². The van der Waals surface area contributed by atoms with Crippen LogP contribution in [0.5, 0.6) is 0 Å². The summed E-state index contributed by atoms with van der Waals surface area (Å²) >= 11 is 1.29. The molecule has 0 aliphatic rings. The number of nitrogens with one attached hydrogen (secondary N) is 1. The molecule has 1 heterocycles. The van der Waals surface area contributed by atoms with Gasteiger partial charge in [-0.1, -0.05) is 0 Å². The smallest absolute Gasteiger partial charge is 0.217 e. The lowest BCUT2D eigenvalue weighted by molar-refractivity contribution is -0.119. The number of hydrogen-bond acceptors (Lipinski definition) is 5. The number of nitrogens with two attached hydrogens (primary N) is 1. The lowest BCUT2D eigenvalue weighted by Crippen LogP contribution is -2.39. The fourth-order valence-electron chi connectivity index (χ4n) is 1.50. The fraction of sp³-hybridized carbons (Fsp3) is 0.545. The zero-order valence-corrected chi connectivity index (χ0v) is 10.6. The van der Waals surface area contributed by atoms with Crippen LogP contribution in [0, 0.1) is 0 Å². The molecular formula is C11H17N3O2S. The van der Waals surface area contributed by atoms with Crippen molar-refractivity contribution in [2.45, 2.75) is 32.2 Å². The molecule has 1 rings (SSSR count). The van der Waals surface area contributed by atoms with E-state index in [2.05, 4.69) is 10.3 Å². The maximum absolute atomic E-state index is 12.0. The van der Waals surface area contributed by atoms with E-state index >= 15 is 0 Å². The van der Waals surface area contributed by atoms with Gasteiger partial charge < -0.3 is 11.1 Å². The highest BCUT2D eigenvalue weighted by Gasteiger charge is 2.22. The number of amides is 1. The van der Waals surface area contributed by atoms with Crippen molar-refractivity contribution in [2.75, 3.05) is 6.54 Å². The Bertz CT molecular complexity index is 365. The quantitative estimate of drug-likeness (QED) is 0.561. The first-order valence-corrected chi connectivity index (χ1v) is 6.44. The molecule has 0 unspecified atom stereocenters. The SMILES string of the molecule is CC(=O)N[C@@H](CCCCN)C(=O)c1nccs1. The van der Waals surface area contributed by atoms with Gasteiger partial charge >= 0.3 is 0 Å². The van der Waals surface area contributed by atoms with E-state index in [1.807, 2.05) is 0 Å². The first-order chi connectivity index (χ1) is 8.15. The molecule has 0 fully saturated rings. The highest BCUT2D eigenvalue weighted by molar-refractivity contribution is 7.11. The van der Waals surface area contributed by atoms with Crippen molar-refractivity contribution in [3.8, 4) is 0 Å². The molecule has 94 valence electrons. The van der Waals surface area contributed by atoms with Crippen molar-refractivity contribution in [2.24, 2.45) is 5.73 Å². The Hall–Kier alpha value is -1.27. The minimum Gasteiger partial charge on any atom is -0.346 e. The molecule has 1 amide bonds. The number of carbonyl (C=O) groups excluding carboxylic acids is 2. The molecule has 0 aliphatic heterocycles. The van der Waals surface area contributed by atoms with E-state index in [1.165, 1.54) is 18.3 Å². The molecule has 17 heavy (non-hydrogen) atoms. The van der Waals surface area contributed by atoms with Crippen LogP contribution in [0.2, 0.25) is 0 Å². The molecule has 3 N–H and O–H groups in total. The Morgan fingerprint density at radius 3 is 2.82 bits per heavy atom. The highest BCUT2D eigenvalue weighted by atomic mass is 32.1. The van der Waals surface area contributed by atoms with Crippen molar-refractivity contribution in [1.82, 2.24) is 10.3 Å². The minimum absolute atomic E-state index is 0.118. The molecule has 0 bridgehead atoms. The normalized spacial score (nSPS) is 12.1. The third-order valence-electron chi connectivity index (χ3n) is 2.28. The average Bonchev–Trinajstić information content (AvgIpc) is 2.80. The summed E-state index contributed by atoms with van der Waals surface area (Å²) in [5.41, 5.74) is 5.40. The second kappa shape index (κ2) is 7.13. The lowest BCUT2D eigenvalue weighted by atomic mass is 10.1. The Morgan fingerprint density at radius 1 is 1.53 bits per heavy atom. The van der Waals surface area contributed by atoms with E-state index in [-0.39, 0.29) is 11.7 Å². The van der Waals surface area contributed by atoms with E-state index in [4.69, 9.17) is 5.73 Å². The lowest BCUT2D eigenvalue weighted by Gasteiger charge is -2.15. The van der Waals surface area contributed by atoms with Gasteiger partial charge in [0, 0.05) is 18.5 Å². The third kappa shape index (κ3) is 4.62. The Balaban J connectivity index is 2.61. The Labute approximate surface area is 104 Å². The standard InChI is InChI=1S/C11H17N3O2S/c1-8(15)14-9(4-2-3-5-12)10(16)11-13-6-7-17-11/h6-7,9H,2-5,12H2,1H3,(H,14,15)/t9-/m0/s1. The van der Waals surface area contributed by atoms with Gasteiger partial charge in [0.2, 0.25) is 11.7 Å². The number of nitrogens with zero attached hydrogens (tertiary/aromatic N) is 1. The van der Waals surface area contributed by atoms with E-state index in [9.17, 15) is 9.59 Å². The summed E-state index contributed by atoms with van der Waals surface area (Å²) < 4.78 is 0. The maximum atomic E-state index is 12.0. The van der Waals surface area contributed by atoms with Crippen molar-refractivity contribution in [3.63, 3.8) is 0 Å². The molecule has 1 aromatic rings. The predicted octanol–water partition coefficient (Wildman–Crippen LogP) is 0.960. The van der Waals surface area contributed by atoms with Gasteiger partial charge in [0.15, 0.2) is 5.01 Å². The van der Waals surface area contributed by atoms with Crippen LogP contribution in [-0.2, 0) is 4.79 Å². The van der Waals surface area contributed by atoms with Crippen molar-refractivity contribution in [3.05, 3.63) is 16.6 Å². The zero-order valence-electron chi connectivity index (χ0n) is 9.81. The zero-order chi connectivity index (χ0) is 12.7. The van der Waals surface area contributed by atoms with Gasteiger partial charge in [-0.05, 0) is 25.8 Å². The first kappa shape index (κ1) is 13.8. The van der Waals surface area contributed by atoms with Gasteiger partial charge in [0.05, 0.1) is 6.04 Å². The van der Waals surface area contributed by atoms with Crippen LogP contribution in [0.3, 0.4) is 0 Å². The molecule has 6 heteroatoms. The fourth-order valence-corrected chi connectivity index (χ4v) is 2.13. The van der Waals surface area contributed by atoms with Crippen LogP contribution in [0.25, 0.3) is 0 Å². The van der Waals surface area contributed by atoms with Crippen LogP contribution < -0.4 is 11.1 Å². The summed E-state index contributed by atoms with van der Waals surface area (Å²) in [7, 11) is 0. The predicted molar refractivity (Wildman–Crippen MR) is 67.0 cm³/mol. The van der Waals surface area contributed by atoms with E-state index in [0.29, 0.717) is 18.0 Å². The molecule has 0 radical (unpaired) electrons. The molecule has 0 saturated heterocycles. The van der Waals surface area contributed by atoms with Crippen LogP contribution in [-0.4, -0.2) is 29.3 Å². The molecular weight excluding hydrogens is 238 g/mol. The van der Waals surface area contributed by atoms with Gasteiger partial charge in [-0.3, -0.25) is 9.59 Å². The van der Waals surface area contributed by atoms with Crippen molar-refractivity contribution >= 4 is 23.0 Å². The maximum Gasteiger partial charge on any atom is 0.217 e. The summed E-state index contributed by atoms with van der Waals surface area (Å²) in [5, 5.41) is 4.85. The van der Waals surface area contributed by atoms with Crippen LogP contribution in [0.1, 0.15) is 36.0 Å². The summed E-state index contributed by atoms with van der Waals surface area (Å²) in [5.74, 6) is -0.320. The molecule has 0 spiro atoms. The van der Waals surface area contributed by atoms with Gasteiger partial charge in [0.25, 0.3) is 0 Å². The average molecular weight is 255 g/mol. The van der Waals surface area contributed by atoms with Gasteiger partial charge in [-0.25, -0.2) is 4.98 Å². The number of carbonyl (C=O) groups is 2. The Morgan fingerprint density at radius 2 is 2.29 bits per heavy atom. The molecule has 5 nitrogen and oxygen atoms in total. The number of unbranched alkanes of at least 4 members (excludes halogenated alkanes) is 1. The second-order valence-corrected chi connectivity index (χ2v) is 4.63. The second-order valence-electron chi connectivity index (χ2n) is 3.74. The summed E-state index contributed by atoms with van der Waals surface area (Å²) in [6, 6.07) is -0.481. The molecule has 0 aromatic carbocycles. The first-order valence-electron chi connectivity index (χ1n) is 5.56. The topological polar surface area (TPSA) is 85.1 Å². The van der Waals surface area contributed by atoms with Crippen molar-refractivity contribution < 1.29 is 9.59 Å². The highest BCUT2D eigenvalue weighted by Crippen LogP contribution is 2.11. The van der Waals surface area contributed by atoms with E-state index in [1.54, 1.807) is 11.6 Å². The number of Topliss-reactive ketones (excluding diaryl/α,β-unsaturated/α-hetero) is 1. The molecule has 0 saturated carbocycles. The Kier molecular flexibility index (Phi) is 5.79. The van der Waals surface area contributed by atoms with E-state index < -0.39 is 6.04 Å². The molecule has 1 atom stereocenters. The summed E-state index contributed by atoms with van der Waals surface area (Å²) in [4.78, 5) is 27.1. The van der Waals surface area contributed by atoms with Gasteiger partial charge in [-0.15, -0.1) is 11.3 Å². The summed E-state index contributed by atoms with van der Waals surface area (Å²) in [6.07, 6.45) is 3.86. The largest absolute Gasteiger partial charge is 0.346 e. The van der Waals surface area contributed by atoms with Crippen LogP contribution in [0.4, 0.5) is 0 Å². The van der Waals surface area contributed by atoms with Gasteiger partial charge in [-0.2, -0.15) is 0 Å². The minimum atomic E-state index is -0.481. The molecule has 1 aromatic heterocycles. The van der Waals surface area contributed by atoms with Crippen LogP contribution in [0.15, 0.2) is 11.6 Å². The monoisotopic (exact) mass is 255 g/mol. The number of hydrogen-bond donors (Lipinski definition) is 2. The third-order valence-corrected chi connectivity index (χ3v) is 3.07. The number of aromatic nitrogens is 1. The van der Waals surface area contributed by atoms with Gasteiger partial charge in [0.1, 0.15) is 0 Å². The summed E-state index contributed by atoms with van der Waals surface area (Å²) in [6.45, 7) is 2.00. The number of ketones is 1. The molecule has 0 aliphatic carbocycles. The van der Waals surface area contributed by atoms with Crippen LogP contribution >= 0.6 is 11.3 Å². The van der Waals surface area contributed by atoms with E-state index in [0.717, 1.165) is 12.8 Å². The number of thiazole rings is 1.